The maximum absolute atomic E-state index is 12.1. The second-order valence-corrected chi connectivity index (χ2v) is 6.17. The van der Waals surface area contributed by atoms with E-state index in [2.05, 4.69) is 27.6 Å². The number of likely N-dealkylation sites (tertiary alicyclic amines) is 1. The fourth-order valence-corrected chi connectivity index (χ4v) is 3.30. The van der Waals surface area contributed by atoms with Crippen molar-refractivity contribution in [2.45, 2.75) is 39.7 Å². The van der Waals surface area contributed by atoms with Gasteiger partial charge in [0, 0.05) is 44.4 Å². The number of nitrogens with zero attached hydrogens (tertiary/aromatic N) is 3. The van der Waals surface area contributed by atoms with E-state index in [9.17, 15) is 9.59 Å². The van der Waals surface area contributed by atoms with Crippen molar-refractivity contribution in [1.82, 2.24) is 25.3 Å². The Bertz CT molecular complexity index is 581. The lowest BCUT2D eigenvalue weighted by Crippen LogP contribution is -2.40. The molecule has 7 heteroatoms. The normalized spacial score (nSPS) is 18.2. The highest BCUT2D eigenvalue weighted by molar-refractivity contribution is 5.78. The van der Waals surface area contributed by atoms with Gasteiger partial charge in [-0.2, -0.15) is 5.10 Å². The van der Waals surface area contributed by atoms with Crippen molar-refractivity contribution in [1.29, 1.82) is 0 Å². The molecule has 2 heterocycles. The van der Waals surface area contributed by atoms with Gasteiger partial charge in [-0.05, 0) is 33.2 Å². The van der Waals surface area contributed by atoms with Crippen LogP contribution in [0.15, 0.2) is 0 Å². The standard InChI is InChI=1S/C16H27N5O2/c1-11-16(12(2)20(4)19-11)14-6-5-9-21(14)10-15(23)18-8-7-17-13(3)22/h14H,5-10H2,1-4H3,(H,17,22)(H,18,23)/t14-/m1/s1. The quantitative estimate of drug-likeness (QED) is 0.745. The molecule has 0 aliphatic carbocycles. The van der Waals surface area contributed by atoms with Gasteiger partial charge >= 0.3 is 0 Å². The molecule has 0 spiro atoms. The highest BCUT2D eigenvalue weighted by Crippen LogP contribution is 2.34. The van der Waals surface area contributed by atoms with Gasteiger partial charge in [0.25, 0.3) is 0 Å². The van der Waals surface area contributed by atoms with Gasteiger partial charge in [-0.1, -0.05) is 0 Å². The van der Waals surface area contributed by atoms with Gasteiger partial charge < -0.3 is 10.6 Å². The number of hydrogen-bond donors (Lipinski definition) is 2. The number of carbonyl (C=O) groups is 2. The highest BCUT2D eigenvalue weighted by Gasteiger charge is 2.31. The van der Waals surface area contributed by atoms with Crippen molar-refractivity contribution in [3.8, 4) is 0 Å². The first-order valence-corrected chi connectivity index (χ1v) is 8.15. The van der Waals surface area contributed by atoms with Crippen LogP contribution in [-0.2, 0) is 16.6 Å². The second kappa shape index (κ2) is 7.59. The van der Waals surface area contributed by atoms with Crippen LogP contribution in [0.3, 0.4) is 0 Å². The highest BCUT2D eigenvalue weighted by atomic mass is 16.2. The van der Waals surface area contributed by atoms with Crippen molar-refractivity contribution in [2.24, 2.45) is 7.05 Å². The van der Waals surface area contributed by atoms with Crippen LogP contribution in [0.2, 0.25) is 0 Å². The summed E-state index contributed by atoms with van der Waals surface area (Å²) in [5.74, 6) is -0.0807. The first-order chi connectivity index (χ1) is 10.9. The average Bonchev–Trinajstić information content (AvgIpc) is 3.00. The fraction of sp³-hybridized carbons (Fsp3) is 0.688. The van der Waals surface area contributed by atoms with E-state index in [0.29, 0.717) is 19.6 Å². The summed E-state index contributed by atoms with van der Waals surface area (Å²) in [4.78, 5) is 25.1. The molecule has 2 N–H and O–H groups in total. The topological polar surface area (TPSA) is 79.3 Å². The smallest absolute Gasteiger partial charge is 0.234 e. The van der Waals surface area contributed by atoms with Crippen molar-refractivity contribution in [3.05, 3.63) is 17.0 Å². The van der Waals surface area contributed by atoms with E-state index in [-0.39, 0.29) is 17.9 Å². The van der Waals surface area contributed by atoms with E-state index in [1.165, 1.54) is 18.2 Å². The summed E-state index contributed by atoms with van der Waals surface area (Å²) in [6.45, 7) is 7.82. The number of aromatic nitrogens is 2. The second-order valence-electron chi connectivity index (χ2n) is 6.17. The van der Waals surface area contributed by atoms with Crippen LogP contribution < -0.4 is 10.6 Å². The molecule has 0 radical (unpaired) electrons. The van der Waals surface area contributed by atoms with Crippen molar-refractivity contribution < 1.29 is 9.59 Å². The molecule has 0 saturated carbocycles. The first kappa shape index (κ1) is 17.5. The minimum Gasteiger partial charge on any atom is -0.355 e. The van der Waals surface area contributed by atoms with Crippen molar-refractivity contribution in [3.63, 3.8) is 0 Å². The molecule has 2 rings (SSSR count). The molecule has 1 saturated heterocycles. The SMILES string of the molecule is CC(=O)NCCNC(=O)CN1CCC[C@@H]1c1c(C)nn(C)c1C. The number of hydrogen-bond acceptors (Lipinski definition) is 4. The van der Waals surface area contributed by atoms with Crippen LogP contribution in [0.4, 0.5) is 0 Å². The molecule has 23 heavy (non-hydrogen) atoms. The molecule has 1 fully saturated rings. The summed E-state index contributed by atoms with van der Waals surface area (Å²) >= 11 is 0. The number of aryl methyl sites for hydroxylation is 2. The first-order valence-electron chi connectivity index (χ1n) is 8.15. The zero-order valence-electron chi connectivity index (χ0n) is 14.5. The molecule has 128 valence electrons. The summed E-state index contributed by atoms with van der Waals surface area (Å²) in [6, 6.07) is 0.268. The van der Waals surface area contributed by atoms with Gasteiger partial charge in [-0.3, -0.25) is 19.2 Å². The predicted octanol–water partition coefficient (Wildman–Crippen LogP) is 0.426. The van der Waals surface area contributed by atoms with E-state index in [1.807, 2.05) is 18.7 Å². The molecular weight excluding hydrogens is 294 g/mol. The minimum atomic E-state index is -0.0821. The van der Waals surface area contributed by atoms with Gasteiger partial charge in [-0.15, -0.1) is 0 Å². The van der Waals surface area contributed by atoms with E-state index >= 15 is 0 Å². The third kappa shape index (κ3) is 4.31. The lowest BCUT2D eigenvalue weighted by molar-refractivity contribution is -0.123. The summed E-state index contributed by atoms with van der Waals surface area (Å²) in [5.41, 5.74) is 3.48. The molecule has 2 amide bonds. The third-order valence-corrected chi connectivity index (χ3v) is 4.43. The summed E-state index contributed by atoms with van der Waals surface area (Å²) in [5, 5.41) is 10.0. The van der Waals surface area contributed by atoms with Crippen LogP contribution in [0, 0.1) is 13.8 Å². The number of nitrogens with one attached hydrogen (secondary N) is 2. The van der Waals surface area contributed by atoms with Crippen LogP contribution in [0.1, 0.15) is 42.8 Å². The van der Waals surface area contributed by atoms with Gasteiger partial charge in [0.15, 0.2) is 0 Å². The van der Waals surface area contributed by atoms with Gasteiger partial charge in [0.05, 0.1) is 12.2 Å². The number of carbonyl (C=O) groups excluding carboxylic acids is 2. The summed E-state index contributed by atoms with van der Waals surface area (Å²) < 4.78 is 1.91. The van der Waals surface area contributed by atoms with Gasteiger partial charge in [0.2, 0.25) is 11.8 Å². The average molecular weight is 321 g/mol. The molecule has 1 aliphatic heterocycles. The Kier molecular flexibility index (Phi) is 5.76. The van der Waals surface area contributed by atoms with Crippen LogP contribution in [0.25, 0.3) is 0 Å². The largest absolute Gasteiger partial charge is 0.355 e. The Balaban J connectivity index is 1.91. The van der Waals surface area contributed by atoms with E-state index in [1.54, 1.807) is 0 Å². The predicted molar refractivity (Wildman–Crippen MR) is 87.9 cm³/mol. The van der Waals surface area contributed by atoms with Gasteiger partial charge in [0.1, 0.15) is 0 Å². The van der Waals surface area contributed by atoms with E-state index in [4.69, 9.17) is 0 Å². The lowest BCUT2D eigenvalue weighted by Gasteiger charge is -2.24. The number of rotatable bonds is 6. The molecule has 0 aromatic carbocycles. The molecule has 1 aliphatic rings. The monoisotopic (exact) mass is 321 g/mol. The van der Waals surface area contributed by atoms with Crippen molar-refractivity contribution >= 4 is 11.8 Å². The minimum absolute atomic E-state index is 0.00134. The Hall–Kier alpha value is -1.89. The molecule has 0 unspecified atom stereocenters. The fourth-order valence-electron chi connectivity index (χ4n) is 3.30. The summed E-state index contributed by atoms with van der Waals surface area (Å²) in [6.07, 6.45) is 2.16. The molecule has 0 bridgehead atoms. The maximum atomic E-state index is 12.1. The molecule has 1 atom stereocenters. The Labute approximate surface area is 137 Å². The van der Waals surface area contributed by atoms with Crippen molar-refractivity contribution in [2.75, 3.05) is 26.2 Å². The van der Waals surface area contributed by atoms with Crippen LogP contribution in [0.5, 0.6) is 0 Å². The zero-order valence-corrected chi connectivity index (χ0v) is 14.5. The Morgan fingerprint density at radius 1 is 1.26 bits per heavy atom. The third-order valence-electron chi connectivity index (χ3n) is 4.43. The van der Waals surface area contributed by atoms with Crippen LogP contribution >= 0.6 is 0 Å². The summed E-state index contributed by atoms with van der Waals surface area (Å²) in [7, 11) is 1.96. The maximum Gasteiger partial charge on any atom is 0.234 e. The molecule has 1 aromatic rings. The molecular formula is C16H27N5O2. The Morgan fingerprint density at radius 2 is 1.96 bits per heavy atom. The van der Waals surface area contributed by atoms with E-state index < -0.39 is 0 Å². The van der Waals surface area contributed by atoms with Gasteiger partial charge in [-0.25, -0.2) is 0 Å². The Morgan fingerprint density at radius 3 is 2.57 bits per heavy atom. The molecule has 7 nitrogen and oxygen atoms in total. The van der Waals surface area contributed by atoms with E-state index in [0.717, 1.165) is 25.1 Å². The zero-order chi connectivity index (χ0) is 17.0. The van der Waals surface area contributed by atoms with Crippen LogP contribution in [-0.4, -0.2) is 52.7 Å². The number of amides is 2. The lowest BCUT2D eigenvalue weighted by atomic mass is 10.0. The molecule has 1 aromatic heterocycles.